The highest BCUT2D eigenvalue weighted by molar-refractivity contribution is 5.81. The van der Waals surface area contributed by atoms with E-state index in [0.29, 0.717) is 0 Å². The van der Waals surface area contributed by atoms with Crippen molar-refractivity contribution >= 4 is 5.97 Å². The molecule has 0 bridgehead atoms. The van der Waals surface area contributed by atoms with Crippen LogP contribution in [0.5, 0.6) is 0 Å². The van der Waals surface area contributed by atoms with Crippen LogP contribution in [0.2, 0.25) is 0 Å². The Morgan fingerprint density at radius 2 is 1.83 bits per heavy atom. The second kappa shape index (κ2) is 2.12. The minimum Gasteiger partial charge on any atom is -0.481 e. The molecule has 0 radical (unpaired) electrons. The fourth-order valence-corrected chi connectivity index (χ4v) is 2.28. The van der Waals surface area contributed by atoms with Gasteiger partial charge in [0.1, 0.15) is 0 Å². The Labute approximate surface area is 73.3 Å². The number of carboxylic acids is 1. The second-order valence-corrected chi connectivity index (χ2v) is 4.21. The molecule has 0 amide bonds. The number of rotatable bonds is 2. The maximum Gasteiger partial charge on any atom is 0.310 e. The standard InChI is InChI=1S/C10H16O2/c1-6(2)9(4)7(3)10(9,5)8(11)12/h7H,1H2,2-5H3,(H,11,12). The number of aliphatic carboxylic acids is 1. The predicted molar refractivity (Wildman–Crippen MR) is 47.8 cm³/mol. The zero-order chi connectivity index (χ0) is 9.73. The van der Waals surface area contributed by atoms with Crippen molar-refractivity contribution in [2.75, 3.05) is 0 Å². The van der Waals surface area contributed by atoms with Crippen molar-refractivity contribution in [2.24, 2.45) is 16.7 Å². The molecule has 1 N–H and O–H groups in total. The van der Waals surface area contributed by atoms with E-state index in [2.05, 4.69) is 6.58 Å². The Hall–Kier alpha value is -0.790. The summed E-state index contributed by atoms with van der Waals surface area (Å²) < 4.78 is 0. The average molecular weight is 168 g/mol. The smallest absolute Gasteiger partial charge is 0.310 e. The van der Waals surface area contributed by atoms with Crippen LogP contribution in [-0.2, 0) is 4.79 Å². The molecule has 0 aromatic carbocycles. The highest BCUT2D eigenvalue weighted by atomic mass is 16.4. The summed E-state index contributed by atoms with van der Waals surface area (Å²) >= 11 is 0. The van der Waals surface area contributed by atoms with Crippen LogP contribution in [0.1, 0.15) is 27.7 Å². The molecule has 2 nitrogen and oxygen atoms in total. The minimum atomic E-state index is -0.708. The van der Waals surface area contributed by atoms with Crippen molar-refractivity contribution in [1.29, 1.82) is 0 Å². The molecule has 2 heteroatoms. The van der Waals surface area contributed by atoms with E-state index in [1.807, 2.05) is 20.8 Å². The summed E-state index contributed by atoms with van der Waals surface area (Å²) in [4.78, 5) is 11.0. The zero-order valence-electron chi connectivity index (χ0n) is 8.14. The molecule has 0 heterocycles. The van der Waals surface area contributed by atoms with Gasteiger partial charge in [0.2, 0.25) is 0 Å². The van der Waals surface area contributed by atoms with Gasteiger partial charge >= 0.3 is 5.97 Å². The van der Waals surface area contributed by atoms with Crippen LogP contribution in [0.4, 0.5) is 0 Å². The first-order valence-electron chi connectivity index (χ1n) is 4.19. The average Bonchev–Trinajstić information content (AvgIpc) is 2.39. The lowest BCUT2D eigenvalue weighted by Crippen LogP contribution is -2.19. The largest absolute Gasteiger partial charge is 0.481 e. The first kappa shape index (κ1) is 9.30. The lowest BCUT2D eigenvalue weighted by atomic mass is 9.90. The van der Waals surface area contributed by atoms with Crippen molar-refractivity contribution < 1.29 is 9.90 Å². The minimum absolute atomic E-state index is 0.194. The monoisotopic (exact) mass is 168 g/mol. The summed E-state index contributed by atoms with van der Waals surface area (Å²) in [5, 5.41) is 9.03. The molecule has 0 aliphatic heterocycles. The summed E-state index contributed by atoms with van der Waals surface area (Å²) in [5.41, 5.74) is 0.164. The van der Waals surface area contributed by atoms with Crippen molar-refractivity contribution in [1.82, 2.24) is 0 Å². The second-order valence-electron chi connectivity index (χ2n) is 4.21. The molecule has 0 aromatic rings. The van der Waals surface area contributed by atoms with E-state index < -0.39 is 11.4 Å². The van der Waals surface area contributed by atoms with Crippen molar-refractivity contribution in [2.45, 2.75) is 27.7 Å². The van der Waals surface area contributed by atoms with Crippen LogP contribution in [0.25, 0.3) is 0 Å². The molecule has 0 saturated heterocycles. The van der Waals surface area contributed by atoms with Gasteiger partial charge in [0, 0.05) is 5.41 Å². The maximum atomic E-state index is 11.0. The van der Waals surface area contributed by atoms with E-state index in [0.717, 1.165) is 5.57 Å². The first-order chi connectivity index (χ1) is 5.29. The van der Waals surface area contributed by atoms with E-state index in [1.54, 1.807) is 6.92 Å². The van der Waals surface area contributed by atoms with Gasteiger partial charge in [-0.05, 0) is 19.8 Å². The molecular weight excluding hydrogens is 152 g/mol. The highest BCUT2D eigenvalue weighted by Crippen LogP contribution is 2.71. The first-order valence-corrected chi connectivity index (χ1v) is 4.19. The van der Waals surface area contributed by atoms with E-state index >= 15 is 0 Å². The Morgan fingerprint density at radius 1 is 1.42 bits per heavy atom. The van der Waals surface area contributed by atoms with Crippen LogP contribution in [0, 0.1) is 16.7 Å². The molecule has 1 rings (SSSR count). The normalized spacial score (nSPS) is 45.5. The number of carboxylic acid groups (broad SMARTS) is 1. The molecule has 68 valence electrons. The quantitative estimate of drug-likeness (QED) is 0.642. The predicted octanol–water partition coefficient (Wildman–Crippen LogP) is 2.31. The molecule has 12 heavy (non-hydrogen) atoms. The topological polar surface area (TPSA) is 37.3 Å². The van der Waals surface area contributed by atoms with Crippen molar-refractivity contribution in [3.05, 3.63) is 12.2 Å². The number of carbonyl (C=O) groups is 1. The van der Waals surface area contributed by atoms with Gasteiger partial charge < -0.3 is 5.11 Å². The molecule has 1 fully saturated rings. The Bertz CT molecular complexity index is 231. The molecule has 3 unspecified atom stereocenters. The SMILES string of the molecule is C=C(C)C1(C)C(C)C1(C)C(=O)O. The lowest BCUT2D eigenvalue weighted by molar-refractivity contribution is -0.144. The number of hydrogen-bond donors (Lipinski definition) is 1. The molecule has 1 aliphatic rings. The van der Waals surface area contributed by atoms with E-state index in [9.17, 15) is 4.79 Å². The van der Waals surface area contributed by atoms with Crippen molar-refractivity contribution in [3.63, 3.8) is 0 Å². The van der Waals surface area contributed by atoms with E-state index in [-0.39, 0.29) is 11.3 Å². The number of hydrogen-bond acceptors (Lipinski definition) is 1. The van der Waals surface area contributed by atoms with Gasteiger partial charge in [-0.15, -0.1) is 0 Å². The fraction of sp³-hybridized carbons (Fsp3) is 0.700. The van der Waals surface area contributed by atoms with Crippen LogP contribution >= 0.6 is 0 Å². The third-order valence-corrected chi connectivity index (χ3v) is 4.06. The summed E-state index contributed by atoms with van der Waals surface area (Å²) in [6.45, 7) is 11.5. The van der Waals surface area contributed by atoms with Gasteiger partial charge in [-0.25, -0.2) is 0 Å². The van der Waals surface area contributed by atoms with Crippen LogP contribution < -0.4 is 0 Å². The maximum absolute atomic E-state index is 11.0. The van der Waals surface area contributed by atoms with Gasteiger partial charge in [-0.3, -0.25) is 4.79 Å². The van der Waals surface area contributed by atoms with Gasteiger partial charge in [0.15, 0.2) is 0 Å². The third-order valence-electron chi connectivity index (χ3n) is 4.06. The molecule has 3 atom stereocenters. The summed E-state index contributed by atoms with van der Waals surface area (Å²) in [7, 11) is 0. The molecule has 1 saturated carbocycles. The van der Waals surface area contributed by atoms with Gasteiger partial charge in [-0.1, -0.05) is 26.0 Å². The van der Waals surface area contributed by atoms with Crippen LogP contribution in [-0.4, -0.2) is 11.1 Å². The summed E-state index contributed by atoms with van der Waals surface area (Å²) in [6, 6.07) is 0. The fourth-order valence-electron chi connectivity index (χ4n) is 2.28. The van der Waals surface area contributed by atoms with Crippen molar-refractivity contribution in [3.8, 4) is 0 Å². The zero-order valence-corrected chi connectivity index (χ0v) is 8.14. The van der Waals surface area contributed by atoms with Gasteiger partial charge in [-0.2, -0.15) is 0 Å². The third kappa shape index (κ3) is 0.680. The highest BCUT2D eigenvalue weighted by Gasteiger charge is 2.73. The van der Waals surface area contributed by atoms with E-state index in [4.69, 9.17) is 5.11 Å². The summed E-state index contributed by atoms with van der Waals surface area (Å²) in [5.74, 6) is -0.513. The Kier molecular flexibility index (Phi) is 1.64. The van der Waals surface area contributed by atoms with Gasteiger partial charge in [0.05, 0.1) is 5.41 Å². The Morgan fingerprint density at radius 3 is 1.92 bits per heavy atom. The van der Waals surface area contributed by atoms with E-state index in [1.165, 1.54) is 0 Å². The molecule has 1 aliphatic carbocycles. The lowest BCUT2D eigenvalue weighted by Gasteiger charge is -2.14. The van der Waals surface area contributed by atoms with Gasteiger partial charge in [0.25, 0.3) is 0 Å². The molecule has 0 spiro atoms. The molecular formula is C10H16O2. The Balaban J connectivity index is 3.03. The van der Waals surface area contributed by atoms with Crippen LogP contribution in [0.15, 0.2) is 12.2 Å². The number of allylic oxidation sites excluding steroid dienone is 1. The summed E-state index contributed by atoms with van der Waals surface area (Å²) in [6.07, 6.45) is 0. The molecule has 0 aromatic heterocycles. The van der Waals surface area contributed by atoms with Crippen LogP contribution in [0.3, 0.4) is 0 Å².